The molecule has 1 saturated carbocycles. The van der Waals surface area contributed by atoms with Crippen LogP contribution in [0.5, 0.6) is 0 Å². The summed E-state index contributed by atoms with van der Waals surface area (Å²) in [6, 6.07) is 1.44. The number of aliphatic hydroxyl groups excluding tert-OH is 1. The second kappa shape index (κ2) is 6.01. The number of amides is 3. The summed E-state index contributed by atoms with van der Waals surface area (Å²) in [6.07, 6.45) is 4.78. The molecule has 120 valence electrons. The summed E-state index contributed by atoms with van der Waals surface area (Å²) in [5.41, 5.74) is -0.214. The number of thiophene rings is 1. The zero-order valence-corrected chi connectivity index (χ0v) is 13.6. The van der Waals surface area contributed by atoms with Gasteiger partial charge in [0.1, 0.15) is 5.54 Å². The number of urea groups is 1. The highest BCUT2D eigenvalue weighted by atomic mass is 32.1. The molecule has 1 aromatic rings. The van der Waals surface area contributed by atoms with Crippen LogP contribution in [0.15, 0.2) is 16.8 Å². The van der Waals surface area contributed by atoms with Gasteiger partial charge in [0.2, 0.25) is 0 Å². The van der Waals surface area contributed by atoms with Gasteiger partial charge in [0.25, 0.3) is 5.91 Å². The molecule has 2 heterocycles. The van der Waals surface area contributed by atoms with Crippen LogP contribution < -0.4 is 5.32 Å². The van der Waals surface area contributed by atoms with Crippen molar-refractivity contribution < 1.29 is 14.7 Å². The van der Waals surface area contributed by atoms with Crippen molar-refractivity contribution in [3.8, 4) is 0 Å². The quantitative estimate of drug-likeness (QED) is 0.837. The number of hydrogen-bond donors (Lipinski definition) is 2. The van der Waals surface area contributed by atoms with Crippen molar-refractivity contribution in [1.29, 1.82) is 0 Å². The van der Waals surface area contributed by atoms with Crippen LogP contribution in [0.2, 0.25) is 0 Å². The molecule has 0 spiro atoms. The number of nitrogens with one attached hydrogen (secondary N) is 1. The van der Waals surface area contributed by atoms with Crippen LogP contribution in [-0.2, 0) is 10.3 Å². The molecule has 2 N–H and O–H groups in total. The predicted octanol–water partition coefficient (Wildman–Crippen LogP) is 2.46. The fraction of sp³-hybridized carbons (Fsp3) is 0.625. The number of hydrogen-bond acceptors (Lipinski definition) is 4. The molecule has 2 unspecified atom stereocenters. The van der Waals surface area contributed by atoms with Crippen molar-refractivity contribution in [1.82, 2.24) is 10.2 Å². The van der Waals surface area contributed by atoms with Crippen molar-refractivity contribution in [2.24, 2.45) is 5.92 Å². The minimum atomic E-state index is -1.01. The predicted molar refractivity (Wildman–Crippen MR) is 84.5 cm³/mol. The lowest BCUT2D eigenvalue weighted by Crippen LogP contribution is -2.43. The summed E-state index contributed by atoms with van der Waals surface area (Å²) in [6.45, 7) is 1.82. The molecule has 1 aliphatic carbocycles. The third-order valence-electron chi connectivity index (χ3n) is 4.94. The van der Waals surface area contributed by atoms with Crippen LogP contribution in [0.3, 0.4) is 0 Å². The zero-order chi connectivity index (χ0) is 15.7. The molecule has 2 aliphatic rings. The van der Waals surface area contributed by atoms with Crippen molar-refractivity contribution in [3.05, 3.63) is 22.4 Å². The topological polar surface area (TPSA) is 69.6 Å². The van der Waals surface area contributed by atoms with Crippen LogP contribution in [0.1, 0.15) is 44.6 Å². The number of aliphatic hydroxyl groups is 1. The Morgan fingerprint density at radius 2 is 2.14 bits per heavy atom. The number of imide groups is 1. The summed E-state index contributed by atoms with van der Waals surface area (Å²) in [5, 5.41) is 16.9. The van der Waals surface area contributed by atoms with Crippen molar-refractivity contribution in [2.45, 2.75) is 50.7 Å². The number of carbonyl (C=O) groups excluding carboxylic acids is 2. The van der Waals surface area contributed by atoms with Gasteiger partial charge in [-0.2, -0.15) is 11.3 Å². The third kappa shape index (κ3) is 2.65. The van der Waals surface area contributed by atoms with Gasteiger partial charge in [0.05, 0.1) is 12.6 Å². The molecule has 22 heavy (non-hydrogen) atoms. The van der Waals surface area contributed by atoms with Crippen LogP contribution >= 0.6 is 11.3 Å². The zero-order valence-electron chi connectivity index (χ0n) is 12.7. The van der Waals surface area contributed by atoms with Gasteiger partial charge in [-0.05, 0) is 48.1 Å². The first kappa shape index (κ1) is 15.5. The first-order valence-electron chi connectivity index (χ1n) is 7.87. The van der Waals surface area contributed by atoms with Crippen molar-refractivity contribution in [3.63, 3.8) is 0 Å². The molecule has 3 amide bonds. The van der Waals surface area contributed by atoms with Crippen LogP contribution in [0.25, 0.3) is 0 Å². The van der Waals surface area contributed by atoms with E-state index in [-0.39, 0.29) is 18.4 Å². The average molecular weight is 322 g/mol. The van der Waals surface area contributed by atoms with Gasteiger partial charge >= 0.3 is 6.03 Å². The summed E-state index contributed by atoms with van der Waals surface area (Å²) >= 11 is 1.49. The molecule has 2 atom stereocenters. The molecular weight excluding hydrogens is 300 g/mol. The van der Waals surface area contributed by atoms with Crippen LogP contribution in [0, 0.1) is 5.92 Å². The maximum absolute atomic E-state index is 12.7. The van der Waals surface area contributed by atoms with E-state index in [0.717, 1.165) is 31.2 Å². The lowest BCUT2D eigenvalue weighted by atomic mass is 9.85. The summed E-state index contributed by atoms with van der Waals surface area (Å²) < 4.78 is 0. The second-order valence-corrected chi connectivity index (χ2v) is 7.23. The normalized spacial score (nSPS) is 28.0. The molecule has 1 saturated heterocycles. The number of carbonyl (C=O) groups is 2. The number of rotatable bonds is 4. The molecule has 5 nitrogen and oxygen atoms in total. The summed E-state index contributed by atoms with van der Waals surface area (Å²) in [4.78, 5) is 26.1. The smallest absolute Gasteiger partial charge is 0.325 e. The molecule has 1 aliphatic heterocycles. The van der Waals surface area contributed by atoms with E-state index in [1.165, 1.54) is 22.7 Å². The van der Waals surface area contributed by atoms with E-state index in [9.17, 15) is 14.7 Å². The molecule has 6 heteroatoms. The average Bonchev–Trinajstić information content (AvgIpc) is 3.13. The van der Waals surface area contributed by atoms with E-state index in [4.69, 9.17) is 0 Å². The largest absolute Gasteiger partial charge is 0.391 e. The highest BCUT2D eigenvalue weighted by molar-refractivity contribution is 7.08. The Morgan fingerprint density at radius 1 is 1.41 bits per heavy atom. The fourth-order valence-corrected chi connectivity index (χ4v) is 4.23. The van der Waals surface area contributed by atoms with Gasteiger partial charge in [-0.1, -0.05) is 19.3 Å². The van der Waals surface area contributed by atoms with Crippen molar-refractivity contribution in [2.75, 3.05) is 6.54 Å². The molecule has 0 radical (unpaired) electrons. The van der Waals surface area contributed by atoms with Gasteiger partial charge in [-0.25, -0.2) is 4.79 Å². The Bertz CT molecular complexity index is 554. The Labute approximate surface area is 134 Å². The minimum Gasteiger partial charge on any atom is -0.391 e. The Morgan fingerprint density at radius 3 is 2.77 bits per heavy atom. The SMILES string of the molecule is CC1(c2ccsc2)NC(=O)N(CC(O)C2CCCCC2)C1=O. The van der Waals surface area contributed by atoms with Crippen molar-refractivity contribution >= 4 is 23.3 Å². The molecular formula is C16H22N2O3S. The standard InChI is InChI=1S/C16H22N2O3S/c1-16(12-7-8-22-10-12)14(20)18(15(21)17-16)9-13(19)11-5-3-2-4-6-11/h7-8,10-11,13,19H,2-6,9H2,1H3,(H,17,21). The van der Waals surface area contributed by atoms with Gasteiger partial charge in [0.15, 0.2) is 0 Å². The highest BCUT2D eigenvalue weighted by Crippen LogP contribution is 2.32. The Hall–Kier alpha value is -1.40. The van der Waals surface area contributed by atoms with E-state index in [0.29, 0.717) is 0 Å². The summed E-state index contributed by atoms with van der Waals surface area (Å²) in [5.74, 6) is -0.0758. The fourth-order valence-electron chi connectivity index (χ4n) is 3.46. The Kier molecular flexibility index (Phi) is 4.23. The van der Waals surface area contributed by atoms with Crippen LogP contribution in [-0.4, -0.2) is 34.6 Å². The molecule has 0 bridgehead atoms. The Balaban J connectivity index is 1.72. The molecule has 1 aromatic heterocycles. The first-order chi connectivity index (χ1) is 10.5. The number of nitrogens with zero attached hydrogens (tertiary/aromatic N) is 1. The lowest BCUT2D eigenvalue weighted by molar-refractivity contribution is -0.132. The second-order valence-electron chi connectivity index (χ2n) is 6.45. The maximum atomic E-state index is 12.7. The molecule has 3 rings (SSSR count). The third-order valence-corrected chi connectivity index (χ3v) is 5.62. The van der Waals surface area contributed by atoms with Crippen LogP contribution in [0.4, 0.5) is 4.79 Å². The maximum Gasteiger partial charge on any atom is 0.325 e. The molecule has 2 fully saturated rings. The van der Waals surface area contributed by atoms with Gasteiger partial charge in [0, 0.05) is 0 Å². The first-order valence-corrected chi connectivity index (χ1v) is 8.81. The highest BCUT2D eigenvalue weighted by Gasteiger charge is 2.49. The van der Waals surface area contributed by atoms with Gasteiger partial charge < -0.3 is 10.4 Å². The van der Waals surface area contributed by atoms with E-state index in [1.807, 2.05) is 16.8 Å². The number of β-amino-alcohol motifs (C(OH)–C–C–N with tert-alkyl or cyclic N) is 1. The van der Waals surface area contributed by atoms with Gasteiger partial charge in [-0.3, -0.25) is 9.69 Å². The van der Waals surface area contributed by atoms with E-state index in [2.05, 4.69) is 5.32 Å². The van der Waals surface area contributed by atoms with E-state index in [1.54, 1.807) is 6.92 Å². The molecule has 0 aromatic carbocycles. The monoisotopic (exact) mass is 322 g/mol. The van der Waals surface area contributed by atoms with E-state index < -0.39 is 17.7 Å². The van der Waals surface area contributed by atoms with E-state index >= 15 is 0 Å². The summed E-state index contributed by atoms with van der Waals surface area (Å²) in [7, 11) is 0. The lowest BCUT2D eigenvalue weighted by Gasteiger charge is -2.29. The van der Waals surface area contributed by atoms with Gasteiger partial charge in [-0.15, -0.1) is 0 Å². The minimum absolute atomic E-state index is 0.0923.